The van der Waals surface area contributed by atoms with Crippen LogP contribution in [0, 0.1) is 20.8 Å². The normalized spacial score (nSPS) is 11.0. The third-order valence-corrected chi connectivity index (χ3v) is 5.24. The summed E-state index contributed by atoms with van der Waals surface area (Å²) in [5.41, 5.74) is 6.89. The SMILES string of the molecule is CCc1cccc2sc(NC(=O)Cc3c(C)cc(C)cc3C)nc12. The molecule has 4 heteroatoms. The van der Waals surface area contributed by atoms with Crippen molar-refractivity contribution in [3.05, 3.63) is 58.1 Å². The Morgan fingerprint density at radius 1 is 1.17 bits per heavy atom. The van der Waals surface area contributed by atoms with E-state index in [1.165, 1.54) is 33.6 Å². The molecule has 0 aliphatic rings. The molecule has 0 aliphatic heterocycles. The van der Waals surface area contributed by atoms with E-state index in [9.17, 15) is 4.79 Å². The van der Waals surface area contributed by atoms with Gasteiger partial charge < -0.3 is 5.32 Å². The number of benzene rings is 2. The predicted molar refractivity (Wildman–Crippen MR) is 102 cm³/mol. The lowest BCUT2D eigenvalue weighted by Gasteiger charge is -2.10. The Labute approximate surface area is 146 Å². The van der Waals surface area contributed by atoms with Gasteiger partial charge in [0.15, 0.2) is 5.13 Å². The van der Waals surface area contributed by atoms with Crippen LogP contribution in [-0.2, 0) is 17.6 Å². The van der Waals surface area contributed by atoms with Crippen molar-refractivity contribution in [3.63, 3.8) is 0 Å². The van der Waals surface area contributed by atoms with Crippen LogP contribution in [0.5, 0.6) is 0 Å². The first-order valence-corrected chi connectivity index (χ1v) is 9.04. The monoisotopic (exact) mass is 338 g/mol. The van der Waals surface area contributed by atoms with Gasteiger partial charge in [0.25, 0.3) is 0 Å². The van der Waals surface area contributed by atoms with E-state index in [0.29, 0.717) is 11.6 Å². The standard InChI is InChI=1S/C20H22N2OS/c1-5-15-7-6-8-17-19(15)22-20(24-17)21-18(23)11-16-13(3)9-12(2)10-14(16)4/h6-10H,5,11H2,1-4H3,(H,21,22,23). The van der Waals surface area contributed by atoms with Crippen LogP contribution >= 0.6 is 11.3 Å². The van der Waals surface area contributed by atoms with E-state index >= 15 is 0 Å². The van der Waals surface area contributed by atoms with Gasteiger partial charge in [-0.05, 0) is 55.5 Å². The number of thiazole rings is 1. The molecule has 0 saturated carbocycles. The summed E-state index contributed by atoms with van der Waals surface area (Å²) in [6, 6.07) is 10.4. The number of hydrogen-bond acceptors (Lipinski definition) is 3. The summed E-state index contributed by atoms with van der Waals surface area (Å²) < 4.78 is 1.12. The van der Waals surface area contributed by atoms with Crippen molar-refractivity contribution < 1.29 is 4.79 Å². The smallest absolute Gasteiger partial charge is 0.230 e. The number of rotatable bonds is 4. The first kappa shape index (κ1) is 16.7. The fourth-order valence-electron chi connectivity index (χ4n) is 3.16. The molecule has 0 fully saturated rings. The minimum absolute atomic E-state index is 0.0119. The highest BCUT2D eigenvalue weighted by Crippen LogP contribution is 2.28. The second kappa shape index (κ2) is 6.73. The number of carbonyl (C=O) groups is 1. The summed E-state index contributed by atoms with van der Waals surface area (Å²) in [5.74, 6) is -0.0119. The van der Waals surface area contributed by atoms with Gasteiger partial charge in [-0.1, -0.05) is 48.1 Å². The van der Waals surface area contributed by atoms with E-state index in [1.807, 2.05) is 6.07 Å². The van der Waals surface area contributed by atoms with Gasteiger partial charge in [-0.25, -0.2) is 4.98 Å². The molecule has 124 valence electrons. The van der Waals surface area contributed by atoms with Gasteiger partial charge >= 0.3 is 0 Å². The number of hydrogen-bond donors (Lipinski definition) is 1. The zero-order valence-corrected chi connectivity index (χ0v) is 15.4. The number of aryl methyl sites for hydroxylation is 4. The van der Waals surface area contributed by atoms with Gasteiger partial charge in [-0.3, -0.25) is 4.79 Å². The first-order chi connectivity index (χ1) is 11.5. The Hall–Kier alpha value is -2.20. The Balaban J connectivity index is 1.81. The fraction of sp³-hybridized carbons (Fsp3) is 0.300. The lowest BCUT2D eigenvalue weighted by Crippen LogP contribution is -2.15. The molecule has 1 heterocycles. The van der Waals surface area contributed by atoms with Gasteiger partial charge in [0.05, 0.1) is 16.6 Å². The maximum atomic E-state index is 12.5. The van der Waals surface area contributed by atoms with Crippen LogP contribution in [0.25, 0.3) is 10.2 Å². The molecule has 24 heavy (non-hydrogen) atoms. The topological polar surface area (TPSA) is 42.0 Å². The van der Waals surface area contributed by atoms with Crippen LogP contribution in [0.2, 0.25) is 0 Å². The lowest BCUT2D eigenvalue weighted by molar-refractivity contribution is -0.115. The molecule has 0 saturated heterocycles. The van der Waals surface area contributed by atoms with Gasteiger partial charge in [0.2, 0.25) is 5.91 Å². The molecule has 2 aromatic carbocycles. The molecule has 1 N–H and O–H groups in total. The van der Waals surface area contributed by atoms with Crippen molar-refractivity contribution in [1.82, 2.24) is 4.98 Å². The van der Waals surface area contributed by atoms with Crippen LogP contribution < -0.4 is 5.32 Å². The van der Waals surface area contributed by atoms with Gasteiger partial charge in [-0.2, -0.15) is 0 Å². The second-order valence-corrected chi connectivity index (χ2v) is 7.27. The average Bonchev–Trinajstić information content (AvgIpc) is 2.92. The minimum Gasteiger partial charge on any atom is -0.302 e. The van der Waals surface area contributed by atoms with Crippen molar-refractivity contribution in [1.29, 1.82) is 0 Å². The van der Waals surface area contributed by atoms with Crippen molar-refractivity contribution in [3.8, 4) is 0 Å². The molecule has 0 spiro atoms. The molecule has 1 amide bonds. The van der Waals surface area contributed by atoms with Crippen LogP contribution in [-0.4, -0.2) is 10.9 Å². The van der Waals surface area contributed by atoms with Gasteiger partial charge in [0, 0.05) is 0 Å². The largest absolute Gasteiger partial charge is 0.302 e. The molecule has 3 nitrogen and oxygen atoms in total. The summed E-state index contributed by atoms with van der Waals surface area (Å²) in [5, 5.41) is 3.65. The molecule has 3 rings (SSSR count). The summed E-state index contributed by atoms with van der Waals surface area (Å²) >= 11 is 1.53. The third kappa shape index (κ3) is 3.34. The average molecular weight is 338 g/mol. The Morgan fingerprint density at radius 2 is 1.88 bits per heavy atom. The molecule has 3 aromatic rings. The lowest BCUT2D eigenvalue weighted by atomic mass is 9.97. The zero-order chi connectivity index (χ0) is 17.3. The van der Waals surface area contributed by atoms with Crippen LogP contribution in [0.1, 0.15) is 34.7 Å². The molecular formula is C20H22N2OS. The highest BCUT2D eigenvalue weighted by atomic mass is 32.1. The van der Waals surface area contributed by atoms with E-state index in [-0.39, 0.29) is 5.91 Å². The summed E-state index contributed by atoms with van der Waals surface area (Å²) in [4.78, 5) is 17.1. The van der Waals surface area contributed by atoms with E-state index in [2.05, 4.69) is 62.3 Å². The van der Waals surface area contributed by atoms with E-state index in [0.717, 1.165) is 22.2 Å². The maximum Gasteiger partial charge on any atom is 0.230 e. The van der Waals surface area contributed by atoms with Gasteiger partial charge in [0.1, 0.15) is 0 Å². The van der Waals surface area contributed by atoms with Crippen molar-refractivity contribution in [2.45, 2.75) is 40.5 Å². The number of amides is 1. The third-order valence-electron chi connectivity index (χ3n) is 4.31. The van der Waals surface area contributed by atoms with Crippen LogP contribution in [0.15, 0.2) is 30.3 Å². The number of aromatic nitrogens is 1. The molecule has 0 unspecified atom stereocenters. The van der Waals surface area contributed by atoms with Gasteiger partial charge in [-0.15, -0.1) is 0 Å². The van der Waals surface area contributed by atoms with Crippen LogP contribution in [0.4, 0.5) is 5.13 Å². The molecule has 1 aromatic heterocycles. The van der Waals surface area contributed by atoms with E-state index in [4.69, 9.17) is 0 Å². The first-order valence-electron chi connectivity index (χ1n) is 8.23. The Morgan fingerprint density at radius 3 is 2.54 bits per heavy atom. The van der Waals surface area contributed by atoms with Crippen molar-refractivity contribution in [2.75, 3.05) is 5.32 Å². The molecule has 0 atom stereocenters. The summed E-state index contributed by atoms with van der Waals surface area (Å²) in [6.07, 6.45) is 1.32. The highest BCUT2D eigenvalue weighted by Gasteiger charge is 2.13. The maximum absolute atomic E-state index is 12.5. The minimum atomic E-state index is -0.0119. The second-order valence-electron chi connectivity index (χ2n) is 6.24. The molecular weight excluding hydrogens is 316 g/mol. The fourth-order valence-corrected chi connectivity index (χ4v) is 4.09. The number of nitrogens with zero attached hydrogens (tertiary/aromatic N) is 1. The van der Waals surface area contributed by atoms with E-state index < -0.39 is 0 Å². The summed E-state index contributed by atoms with van der Waals surface area (Å²) in [7, 11) is 0. The molecule has 0 radical (unpaired) electrons. The van der Waals surface area contributed by atoms with Crippen LogP contribution in [0.3, 0.4) is 0 Å². The quantitative estimate of drug-likeness (QED) is 0.730. The van der Waals surface area contributed by atoms with Crippen molar-refractivity contribution >= 4 is 32.6 Å². The number of anilines is 1. The predicted octanol–water partition coefficient (Wildman–Crippen LogP) is 4.97. The number of fused-ring (bicyclic) bond motifs is 1. The number of nitrogens with one attached hydrogen (secondary N) is 1. The number of carbonyl (C=O) groups excluding carboxylic acids is 1. The summed E-state index contributed by atoms with van der Waals surface area (Å²) in [6.45, 7) is 8.33. The highest BCUT2D eigenvalue weighted by molar-refractivity contribution is 7.22. The number of para-hydroxylation sites is 1. The zero-order valence-electron chi connectivity index (χ0n) is 14.6. The van der Waals surface area contributed by atoms with Crippen molar-refractivity contribution in [2.24, 2.45) is 0 Å². The van der Waals surface area contributed by atoms with E-state index in [1.54, 1.807) is 0 Å². The molecule has 0 bridgehead atoms. The molecule has 0 aliphatic carbocycles. The Kier molecular flexibility index (Phi) is 4.67. The Bertz CT molecular complexity index is 888.